The molecular weight excluding hydrogens is 384 g/mol. The third-order valence-corrected chi connectivity index (χ3v) is 5.47. The molecule has 6 nitrogen and oxygen atoms in total. The Hall–Kier alpha value is -2.09. The number of aryl methyl sites for hydroxylation is 2. The van der Waals surface area contributed by atoms with Gasteiger partial charge in [0.25, 0.3) is 0 Å². The van der Waals surface area contributed by atoms with Gasteiger partial charge < -0.3 is 20.1 Å². The van der Waals surface area contributed by atoms with Crippen LogP contribution >= 0.6 is 11.6 Å². The molecule has 7 heteroatoms. The predicted molar refractivity (Wildman–Crippen MR) is 102 cm³/mol. The largest absolute Gasteiger partial charge is 0.385 e. The molecule has 0 radical (unpaired) electrons. The maximum Gasteiger partial charge on any atom is 0.200 e. The predicted octanol–water partition coefficient (Wildman–Crippen LogP) is 1.79. The van der Waals surface area contributed by atoms with Gasteiger partial charge in [-0.1, -0.05) is 60.1 Å². The van der Waals surface area contributed by atoms with E-state index in [0.717, 1.165) is 0 Å². The highest BCUT2D eigenvalue weighted by molar-refractivity contribution is 6.21. The molecule has 1 aliphatic heterocycles. The third kappa shape index (κ3) is 3.27. The van der Waals surface area contributed by atoms with E-state index in [-0.39, 0.29) is 11.1 Å². The Morgan fingerprint density at radius 1 is 1.04 bits per heavy atom. The normalized spacial score (nSPS) is 28.1. The topological polar surface area (TPSA) is 104 Å². The summed E-state index contributed by atoms with van der Waals surface area (Å²) in [4.78, 5) is 25.9. The quantitative estimate of drug-likeness (QED) is 0.518. The zero-order chi connectivity index (χ0) is 20.6. The summed E-state index contributed by atoms with van der Waals surface area (Å²) in [6.07, 6.45) is -5.47. The van der Waals surface area contributed by atoms with Gasteiger partial charge in [0.05, 0.1) is 0 Å². The number of aliphatic hydroxyl groups excluding tert-OH is 2. The molecule has 3 N–H and O–H groups in total. The van der Waals surface area contributed by atoms with Crippen LogP contribution in [-0.4, -0.2) is 56.4 Å². The molecule has 1 saturated heterocycles. The van der Waals surface area contributed by atoms with Crippen molar-refractivity contribution in [2.45, 2.75) is 43.3 Å². The minimum Gasteiger partial charge on any atom is -0.385 e. The number of aliphatic hydroxyl groups is 3. The van der Waals surface area contributed by atoms with Gasteiger partial charge in [0.2, 0.25) is 0 Å². The standard InChI is InChI=1S/C21H21ClO6/c1-11-7-3-5-9-13(11)15(23)16(24)19-21(27,18(26)20(22)28-19)17(25)14-10-6-4-8-12(14)2/h3-10,16,18-20,24,26-27H,1-2H3/t16?,18-,19-,20?,21+/m1/s1. The van der Waals surface area contributed by atoms with E-state index in [1.54, 1.807) is 50.2 Å². The second-order valence-electron chi connectivity index (χ2n) is 6.95. The number of carbonyl (C=O) groups excluding carboxylic acids is 2. The van der Waals surface area contributed by atoms with Gasteiger partial charge in [0.1, 0.15) is 18.3 Å². The van der Waals surface area contributed by atoms with Crippen LogP contribution in [0, 0.1) is 13.8 Å². The van der Waals surface area contributed by atoms with Crippen molar-refractivity contribution in [3.63, 3.8) is 0 Å². The Bertz CT molecular complexity index is 913. The highest BCUT2D eigenvalue weighted by atomic mass is 35.5. The summed E-state index contributed by atoms with van der Waals surface area (Å²) in [7, 11) is 0. The average Bonchev–Trinajstić information content (AvgIpc) is 2.92. The number of carbonyl (C=O) groups is 2. The summed E-state index contributed by atoms with van der Waals surface area (Å²) in [6.45, 7) is 3.36. The molecule has 0 spiro atoms. The first kappa shape index (κ1) is 20.6. The van der Waals surface area contributed by atoms with E-state index in [1.165, 1.54) is 12.1 Å². The molecular formula is C21H21ClO6. The monoisotopic (exact) mass is 404 g/mol. The Balaban J connectivity index is 2.01. The summed E-state index contributed by atoms with van der Waals surface area (Å²) >= 11 is 5.93. The Labute approximate surface area is 167 Å². The first-order chi connectivity index (χ1) is 13.2. The van der Waals surface area contributed by atoms with Gasteiger partial charge in [-0.2, -0.15) is 0 Å². The first-order valence-electron chi connectivity index (χ1n) is 8.78. The molecule has 2 aromatic rings. The molecule has 5 atom stereocenters. The number of hydrogen-bond acceptors (Lipinski definition) is 6. The summed E-state index contributed by atoms with van der Waals surface area (Å²) in [6, 6.07) is 13.1. The lowest BCUT2D eigenvalue weighted by Gasteiger charge is -2.32. The molecule has 0 aliphatic carbocycles. The van der Waals surface area contributed by atoms with Crippen molar-refractivity contribution >= 4 is 23.2 Å². The third-order valence-electron chi connectivity index (χ3n) is 5.13. The van der Waals surface area contributed by atoms with Gasteiger partial charge in [-0.25, -0.2) is 0 Å². The van der Waals surface area contributed by atoms with Crippen LogP contribution in [0.25, 0.3) is 0 Å². The SMILES string of the molecule is Cc1ccccc1C(=O)C(O)[C@H]1OC(Cl)[C@@H](O)[C@@]1(O)C(=O)c1ccccc1C. The van der Waals surface area contributed by atoms with Crippen molar-refractivity contribution in [2.75, 3.05) is 0 Å². The highest BCUT2D eigenvalue weighted by Crippen LogP contribution is 2.38. The number of benzene rings is 2. The summed E-state index contributed by atoms with van der Waals surface area (Å²) < 4.78 is 5.29. The van der Waals surface area contributed by atoms with Crippen LogP contribution in [0.1, 0.15) is 31.8 Å². The average molecular weight is 405 g/mol. The fourth-order valence-electron chi connectivity index (χ4n) is 3.45. The van der Waals surface area contributed by atoms with Gasteiger partial charge in [-0.3, -0.25) is 9.59 Å². The van der Waals surface area contributed by atoms with Gasteiger partial charge in [-0.15, -0.1) is 0 Å². The maximum absolute atomic E-state index is 13.1. The molecule has 0 aromatic heterocycles. The number of ether oxygens (including phenoxy) is 1. The minimum atomic E-state index is -2.59. The highest BCUT2D eigenvalue weighted by Gasteiger charge is 2.63. The number of hydrogen-bond donors (Lipinski definition) is 3. The van der Waals surface area contributed by atoms with E-state index < -0.39 is 41.0 Å². The van der Waals surface area contributed by atoms with Gasteiger partial charge >= 0.3 is 0 Å². The zero-order valence-electron chi connectivity index (χ0n) is 15.4. The van der Waals surface area contributed by atoms with Crippen LogP contribution in [0.4, 0.5) is 0 Å². The van der Waals surface area contributed by atoms with Gasteiger partial charge in [0, 0.05) is 11.1 Å². The molecule has 1 fully saturated rings. The molecule has 28 heavy (non-hydrogen) atoms. The van der Waals surface area contributed by atoms with E-state index in [9.17, 15) is 24.9 Å². The first-order valence-corrected chi connectivity index (χ1v) is 9.21. The van der Waals surface area contributed by atoms with Crippen molar-refractivity contribution in [1.82, 2.24) is 0 Å². The van der Waals surface area contributed by atoms with Crippen molar-refractivity contribution in [3.05, 3.63) is 70.8 Å². The molecule has 0 saturated carbocycles. The van der Waals surface area contributed by atoms with Gasteiger partial charge in [0.15, 0.2) is 22.7 Å². The van der Waals surface area contributed by atoms with E-state index in [1.807, 2.05) is 0 Å². The summed E-state index contributed by atoms with van der Waals surface area (Å²) in [5.41, 5.74) is -2.53. The van der Waals surface area contributed by atoms with E-state index in [0.29, 0.717) is 11.1 Å². The summed E-state index contributed by atoms with van der Waals surface area (Å²) in [5.74, 6) is -1.61. The fourth-order valence-corrected chi connectivity index (χ4v) is 3.76. The Morgan fingerprint density at radius 2 is 1.54 bits per heavy atom. The molecule has 0 bridgehead atoms. The van der Waals surface area contributed by atoms with Gasteiger partial charge in [-0.05, 0) is 25.0 Å². The van der Waals surface area contributed by atoms with Crippen molar-refractivity contribution in [3.8, 4) is 0 Å². The molecule has 148 valence electrons. The summed E-state index contributed by atoms with van der Waals surface area (Å²) in [5, 5.41) is 32.2. The Morgan fingerprint density at radius 3 is 2.07 bits per heavy atom. The number of ketones is 2. The van der Waals surface area contributed by atoms with Crippen molar-refractivity contribution < 1.29 is 29.6 Å². The van der Waals surface area contributed by atoms with E-state index >= 15 is 0 Å². The lowest BCUT2D eigenvalue weighted by atomic mass is 9.80. The van der Waals surface area contributed by atoms with Crippen LogP contribution in [0.3, 0.4) is 0 Å². The zero-order valence-corrected chi connectivity index (χ0v) is 16.1. The van der Waals surface area contributed by atoms with Crippen LogP contribution < -0.4 is 0 Å². The van der Waals surface area contributed by atoms with Crippen LogP contribution in [0.15, 0.2) is 48.5 Å². The lowest BCUT2D eigenvalue weighted by molar-refractivity contribution is -0.0850. The fraction of sp³-hybridized carbons (Fsp3) is 0.333. The lowest BCUT2D eigenvalue weighted by Crippen LogP contribution is -2.59. The van der Waals surface area contributed by atoms with E-state index in [2.05, 4.69) is 0 Å². The molecule has 1 heterocycles. The smallest absolute Gasteiger partial charge is 0.200 e. The molecule has 0 amide bonds. The number of alkyl halides is 1. The van der Waals surface area contributed by atoms with E-state index in [4.69, 9.17) is 16.3 Å². The molecule has 1 aliphatic rings. The number of halogens is 1. The number of Topliss-reactive ketones (excluding diaryl/α,β-unsaturated/α-hetero) is 2. The van der Waals surface area contributed by atoms with Crippen LogP contribution in [0.2, 0.25) is 0 Å². The van der Waals surface area contributed by atoms with Crippen LogP contribution in [0.5, 0.6) is 0 Å². The number of rotatable bonds is 5. The molecule has 2 unspecified atom stereocenters. The second kappa shape index (κ2) is 7.73. The van der Waals surface area contributed by atoms with Crippen molar-refractivity contribution in [1.29, 1.82) is 0 Å². The van der Waals surface area contributed by atoms with Crippen molar-refractivity contribution in [2.24, 2.45) is 0 Å². The molecule has 3 rings (SSSR count). The minimum absolute atomic E-state index is 0.138. The maximum atomic E-state index is 13.1. The molecule has 2 aromatic carbocycles. The Kier molecular flexibility index (Phi) is 5.70. The second-order valence-corrected chi connectivity index (χ2v) is 7.38. The van der Waals surface area contributed by atoms with Crippen LogP contribution in [-0.2, 0) is 4.74 Å².